The molecule has 0 radical (unpaired) electrons. The van der Waals surface area contributed by atoms with Gasteiger partial charge in [-0.15, -0.1) is 0 Å². The van der Waals surface area contributed by atoms with E-state index in [2.05, 4.69) is 12.2 Å². The molecule has 0 unspecified atom stereocenters. The lowest BCUT2D eigenvalue weighted by Gasteiger charge is -2.21. The van der Waals surface area contributed by atoms with Crippen molar-refractivity contribution in [1.29, 1.82) is 0 Å². The molecule has 0 aromatic heterocycles. The summed E-state index contributed by atoms with van der Waals surface area (Å²) in [6.45, 7) is 6.18. The van der Waals surface area contributed by atoms with Crippen molar-refractivity contribution in [3.8, 4) is 0 Å². The molecule has 1 saturated carbocycles. The Kier molecular flexibility index (Phi) is 5.72. The molecule has 1 N–H and O–H groups in total. The summed E-state index contributed by atoms with van der Waals surface area (Å²) >= 11 is 0. The maximum absolute atomic E-state index is 12.1. The van der Waals surface area contributed by atoms with Crippen LogP contribution in [0.4, 0.5) is 0 Å². The molecule has 0 aliphatic heterocycles. The molecule has 1 rings (SSSR count). The fourth-order valence-electron chi connectivity index (χ4n) is 1.72. The molecule has 4 nitrogen and oxygen atoms in total. The topological polar surface area (TPSA) is 49.4 Å². The summed E-state index contributed by atoms with van der Waals surface area (Å²) in [5, 5.41) is 3.07. The number of nitrogens with one attached hydrogen (secondary N) is 1. The van der Waals surface area contributed by atoms with Gasteiger partial charge in [-0.3, -0.25) is 0 Å². The van der Waals surface area contributed by atoms with Gasteiger partial charge in [0.15, 0.2) is 0 Å². The van der Waals surface area contributed by atoms with Gasteiger partial charge < -0.3 is 5.32 Å². The van der Waals surface area contributed by atoms with Crippen molar-refractivity contribution in [2.24, 2.45) is 0 Å². The zero-order chi connectivity index (χ0) is 12.0. The van der Waals surface area contributed by atoms with E-state index in [9.17, 15) is 8.42 Å². The lowest BCUT2D eigenvalue weighted by atomic mass is 10.3. The van der Waals surface area contributed by atoms with Gasteiger partial charge in [-0.1, -0.05) is 20.3 Å². The van der Waals surface area contributed by atoms with Gasteiger partial charge in [0.05, 0.1) is 5.75 Å². The third kappa shape index (κ3) is 4.39. The van der Waals surface area contributed by atoms with Crippen molar-refractivity contribution < 1.29 is 8.42 Å². The normalized spacial score (nSPS) is 16.9. The number of hydrogen-bond acceptors (Lipinski definition) is 3. The van der Waals surface area contributed by atoms with E-state index in [0.29, 0.717) is 19.1 Å². The highest BCUT2D eigenvalue weighted by Crippen LogP contribution is 2.29. The van der Waals surface area contributed by atoms with Crippen LogP contribution in [0.3, 0.4) is 0 Å². The van der Waals surface area contributed by atoms with Crippen molar-refractivity contribution >= 4 is 10.0 Å². The second-order valence-electron chi connectivity index (χ2n) is 4.37. The van der Waals surface area contributed by atoms with Crippen LogP contribution in [0.5, 0.6) is 0 Å². The summed E-state index contributed by atoms with van der Waals surface area (Å²) in [5.74, 6) is 0.237. The number of hydrogen-bond donors (Lipinski definition) is 1. The molecule has 1 aliphatic carbocycles. The summed E-state index contributed by atoms with van der Waals surface area (Å²) < 4.78 is 25.9. The lowest BCUT2D eigenvalue weighted by Crippen LogP contribution is -2.38. The number of sulfonamides is 1. The zero-order valence-electron chi connectivity index (χ0n) is 10.4. The van der Waals surface area contributed by atoms with Crippen molar-refractivity contribution in [1.82, 2.24) is 9.62 Å². The Labute approximate surface area is 99.5 Å². The monoisotopic (exact) mass is 248 g/mol. The molecule has 1 fully saturated rings. The first-order chi connectivity index (χ1) is 7.61. The summed E-state index contributed by atoms with van der Waals surface area (Å²) in [5.41, 5.74) is 0. The Hall–Kier alpha value is -0.130. The standard InChI is InChI=1S/C11H24N2O2S/c1-3-5-9-13(11-6-7-11)16(14,15)10-8-12-4-2/h11-12H,3-10H2,1-2H3. The van der Waals surface area contributed by atoms with E-state index in [-0.39, 0.29) is 5.75 Å². The van der Waals surface area contributed by atoms with Crippen LogP contribution in [0.1, 0.15) is 39.5 Å². The molecule has 5 heteroatoms. The fraction of sp³-hybridized carbons (Fsp3) is 1.00. The average Bonchev–Trinajstić information content (AvgIpc) is 3.02. The van der Waals surface area contributed by atoms with E-state index < -0.39 is 10.0 Å². The summed E-state index contributed by atoms with van der Waals surface area (Å²) in [6.07, 6.45) is 4.11. The predicted molar refractivity (Wildman–Crippen MR) is 67.0 cm³/mol. The first-order valence-electron chi connectivity index (χ1n) is 6.32. The quantitative estimate of drug-likeness (QED) is 0.624. The van der Waals surface area contributed by atoms with Crippen LogP contribution >= 0.6 is 0 Å². The van der Waals surface area contributed by atoms with E-state index in [1.54, 1.807) is 4.31 Å². The highest BCUT2D eigenvalue weighted by atomic mass is 32.2. The molecule has 0 amide bonds. The van der Waals surface area contributed by atoms with Gasteiger partial charge in [0.2, 0.25) is 10.0 Å². The number of rotatable bonds is 9. The summed E-state index contributed by atoms with van der Waals surface area (Å²) in [7, 11) is -3.03. The number of unbranched alkanes of at least 4 members (excludes halogenated alkanes) is 1. The summed E-state index contributed by atoms with van der Waals surface area (Å²) in [4.78, 5) is 0. The van der Waals surface area contributed by atoms with Crippen LogP contribution in [0.15, 0.2) is 0 Å². The fourth-order valence-corrected chi connectivity index (χ4v) is 3.43. The van der Waals surface area contributed by atoms with Crippen molar-refractivity contribution in [2.75, 3.05) is 25.4 Å². The largest absolute Gasteiger partial charge is 0.316 e. The summed E-state index contributed by atoms with van der Waals surface area (Å²) in [6, 6.07) is 0.304. The van der Waals surface area contributed by atoms with Gasteiger partial charge in [-0.25, -0.2) is 8.42 Å². The third-order valence-electron chi connectivity index (χ3n) is 2.83. The molecule has 0 aromatic rings. The molecule has 1 aliphatic rings. The smallest absolute Gasteiger partial charge is 0.215 e. The molecule has 0 heterocycles. The van der Waals surface area contributed by atoms with Crippen molar-refractivity contribution in [3.05, 3.63) is 0 Å². The predicted octanol–water partition coefficient (Wildman–Crippen LogP) is 1.19. The third-order valence-corrected chi connectivity index (χ3v) is 4.75. The van der Waals surface area contributed by atoms with Crippen LogP contribution in [-0.2, 0) is 10.0 Å². The molecular weight excluding hydrogens is 224 g/mol. The van der Waals surface area contributed by atoms with Gasteiger partial charge in [-0.2, -0.15) is 4.31 Å². The molecule has 16 heavy (non-hydrogen) atoms. The molecule has 0 saturated heterocycles. The Bertz CT molecular complexity index is 286. The Morgan fingerprint density at radius 2 is 2.00 bits per heavy atom. The van der Waals surface area contributed by atoms with E-state index in [1.165, 1.54) is 0 Å². The SMILES string of the molecule is CCCCN(C1CC1)S(=O)(=O)CCNCC. The van der Waals surface area contributed by atoms with Crippen LogP contribution in [0.2, 0.25) is 0 Å². The second kappa shape index (κ2) is 6.57. The molecule has 0 spiro atoms. The van der Waals surface area contributed by atoms with Crippen LogP contribution in [-0.4, -0.2) is 44.2 Å². The zero-order valence-corrected chi connectivity index (χ0v) is 11.2. The minimum atomic E-state index is -3.03. The van der Waals surface area contributed by atoms with Gasteiger partial charge in [0.1, 0.15) is 0 Å². The van der Waals surface area contributed by atoms with E-state index in [4.69, 9.17) is 0 Å². The maximum Gasteiger partial charge on any atom is 0.215 e. The number of nitrogens with zero attached hydrogens (tertiary/aromatic N) is 1. The van der Waals surface area contributed by atoms with E-state index in [1.807, 2.05) is 6.92 Å². The van der Waals surface area contributed by atoms with Gasteiger partial charge >= 0.3 is 0 Å². The second-order valence-corrected chi connectivity index (χ2v) is 6.41. The molecular formula is C11H24N2O2S. The van der Waals surface area contributed by atoms with Crippen LogP contribution < -0.4 is 5.32 Å². The lowest BCUT2D eigenvalue weighted by molar-refractivity contribution is 0.395. The van der Waals surface area contributed by atoms with Gasteiger partial charge in [-0.05, 0) is 25.8 Å². The van der Waals surface area contributed by atoms with Crippen LogP contribution in [0.25, 0.3) is 0 Å². The molecule has 0 aromatic carbocycles. The molecule has 0 bridgehead atoms. The maximum atomic E-state index is 12.1. The van der Waals surface area contributed by atoms with Crippen molar-refractivity contribution in [3.63, 3.8) is 0 Å². The van der Waals surface area contributed by atoms with E-state index in [0.717, 1.165) is 32.2 Å². The first-order valence-corrected chi connectivity index (χ1v) is 7.93. The Morgan fingerprint density at radius 1 is 1.31 bits per heavy atom. The first kappa shape index (κ1) is 13.9. The van der Waals surface area contributed by atoms with Gasteiger partial charge in [0.25, 0.3) is 0 Å². The highest BCUT2D eigenvalue weighted by Gasteiger charge is 2.36. The van der Waals surface area contributed by atoms with Gasteiger partial charge in [0, 0.05) is 19.1 Å². The van der Waals surface area contributed by atoms with Crippen LogP contribution in [0, 0.1) is 0 Å². The van der Waals surface area contributed by atoms with Crippen molar-refractivity contribution in [2.45, 2.75) is 45.6 Å². The minimum Gasteiger partial charge on any atom is -0.316 e. The molecule has 96 valence electrons. The average molecular weight is 248 g/mol. The minimum absolute atomic E-state index is 0.237. The Morgan fingerprint density at radius 3 is 2.50 bits per heavy atom. The van der Waals surface area contributed by atoms with E-state index >= 15 is 0 Å². The highest BCUT2D eigenvalue weighted by molar-refractivity contribution is 7.89. The molecule has 0 atom stereocenters. The Balaban J connectivity index is 2.47.